The molecule has 3 rings (SSSR count). The Bertz CT molecular complexity index is 729. The Hall–Kier alpha value is -1.61. The van der Waals surface area contributed by atoms with Crippen molar-refractivity contribution in [3.63, 3.8) is 0 Å². The first kappa shape index (κ1) is 17.2. The Morgan fingerprint density at radius 2 is 2.08 bits per heavy atom. The van der Waals surface area contributed by atoms with Crippen LogP contribution in [-0.4, -0.2) is 45.7 Å². The molecule has 0 aromatic heterocycles. The van der Waals surface area contributed by atoms with Gasteiger partial charge in [0.1, 0.15) is 18.1 Å². The lowest BCUT2D eigenvalue weighted by Gasteiger charge is -2.46. The standard InChI is InChI=1S/C17H18INO5/c1-8-10(7-24-12-6-4-3-5-11(12)18)15(17(22)23)19-14(8)13(9(2)20)16(19)21/h3-6,8-9,13-14,20H,7H2,1-2H3,(H,22,23). The highest BCUT2D eigenvalue weighted by Gasteiger charge is 2.59. The van der Waals surface area contributed by atoms with Gasteiger partial charge in [0.2, 0.25) is 5.91 Å². The molecule has 128 valence electrons. The van der Waals surface area contributed by atoms with Crippen molar-refractivity contribution >= 4 is 34.5 Å². The maximum atomic E-state index is 12.2. The molecule has 0 radical (unpaired) electrons. The number of fused-ring (bicyclic) bond motifs is 1. The quantitative estimate of drug-likeness (QED) is 0.536. The summed E-state index contributed by atoms with van der Waals surface area (Å²) < 4.78 is 6.73. The molecule has 1 aromatic rings. The van der Waals surface area contributed by atoms with Gasteiger partial charge in [-0.1, -0.05) is 19.1 Å². The summed E-state index contributed by atoms with van der Waals surface area (Å²) >= 11 is 2.15. The van der Waals surface area contributed by atoms with Gasteiger partial charge < -0.3 is 19.8 Å². The zero-order chi connectivity index (χ0) is 17.6. The monoisotopic (exact) mass is 443 g/mol. The number of amides is 1. The molecule has 1 fully saturated rings. The molecule has 0 bridgehead atoms. The van der Waals surface area contributed by atoms with E-state index in [1.54, 1.807) is 6.92 Å². The number of rotatable bonds is 5. The molecule has 1 saturated heterocycles. The number of ether oxygens (including phenoxy) is 1. The summed E-state index contributed by atoms with van der Waals surface area (Å²) in [4.78, 5) is 25.2. The molecular formula is C17H18INO5. The van der Waals surface area contributed by atoms with Gasteiger partial charge in [0.15, 0.2) is 0 Å². The van der Waals surface area contributed by atoms with E-state index in [4.69, 9.17) is 4.74 Å². The largest absolute Gasteiger partial charge is 0.488 e. The lowest BCUT2D eigenvalue weighted by atomic mass is 9.78. The first-order valence-electron chi connectivity index (χ1n) is 7.69. The van der Waals surface area contributed by atoms with E-state index >= 15 is 0 Å². The minimum atomic E-state index is -1.14. The van der Waals surface area contributed by atoms with Crippen LogP contribution in [0.15, 0.2) is 35.5 Å². The molecule has 2 heterocycles. The van der Waals surface area contributed by atoms with Gasteiger partial charge in [-0.25, -0.2) is 4.79 Å². The number of aliphatic hydroxyl groups is 1. The second-order valence-corrected chi connectivity index (χ2v) is 7.31. The van der Waals surface area contributed by atoms with Crippen LogP contribution in [0, 0.1) is 15.4 Å². The van der Waals surface area contributed by atoms with Crippen molar-refractivity contribution < 1.29 is 24.5 Å². The fourth-order valence-corrected chi connectivity index (χ4v) is 4.09. The Morgan fingerprint density at radius 3 is 2.67 bits per heavy atom. The van der Waals surface area contributed by atoms with E-state index in [0.717, 1.165) is 3.57 Å². The number of hydrogen-bond acceptors (Lipinski definition) is 4. The molecule has 0 spiro atoms. The van der Waals surface area contributed by atoms with E-state index in [-0.39, 0.29) is 30.2 Å². The lowest BCUT2D eigenvalue weighted by Crippen LogP contribution is -2.63. The average Bonchev–Trinajstić information content (AvgIpc) is 2.75. The summed E-state index contributed by atoms with van der Waals surface area (Å²) in [5, 5.41) is 19.4. The van der Waals surface area contributed by atoms with Crippen molar-refractivity contribution in [3.05, 3.63) is 39.1 Å². The minimum absolute atomic E-state index is 0.000314. The zero-order valence-corrected chi connectivity index (χ0v) is 15.4. The van der Waals surface area contributed by atoms with Crippen molar-refractivity contribution in [1.29, 1.82) is 0 Å². The van der Waals surface area contributed by atoms with Gasteiger partial charge in [0.05, 0.1) is 21.6 Å². The van der Waals surface area contributed by atoms with Crippen LogP contribution in [-0.2, 0) is 9.59 Å². The number of aliphatic hydroxyl groups excluding tert-OH is 1. The zero-order valence-electron chi connectivity index (χ0n) is 13.3. The Labute approximate surface area is 153 Å². The predicted octanol–water partition coefficient (Wildman–Crippen LogP) is 1.87. The van der Waals surface area contributed by atoms with Gasteiger partial charge in [-0.15, -0.1) is 0 Å². The number of carbonyl (C=O) groups excluding carboxylic acids is 1. The highest BCUT2D eigenvalue weighted by molar-refractivity contribution is 14.1. The number of benzene rings is 1. The summed E-state index contributed by atoms with van der Waals surface area (Å²) in [6.45, 7) is 3.55. The first-order valence-corrected chi connectivity index (χ1v) is 8.77. The summed E-state index contributed by atoms with van der Waals surface area (Å²) in [6.07, 6.45) is -0.799. The fraction of sp³-hybridized carbons (Fsp3) is 0.412. The Morgan fingerprint density at radius 1 is 1.42 bits per heavy atom. The minimum Gasteiger partial charge on any atom is -0.488 e. The van der Waals surface area contributed by atoms with Crippen LogP contribution in [0.25, 0.3) is 0 Å². The Balaban J connectivity index is 1.87. The summed E-state index contributed by atoms with van der Waals surface area (Å²) in [5.74, 6) is -1.51. The molecule has 24 heavy (non-hydrogen) atoms. The molecule has 4 unspecified atom stereocenters. The van der Waals surface area contributed by atoms with Crippen LogP contribution in [0.1, 0.15) is 13.8 Å². The molecule has 6 nitrogen and oxygen atoms in total. The Kier molecular flexibility index (Phi) is 4.56. The van der Waals surface area contributed by atoms with Crippen LogP contribution in [0.2, 0.25) is 0 Å². The highest BCUT2D eigenvalue weighted by Crippen LogP contribution is 2.47. The van der Waals surface area contributed by atoms with E-state index in [9.17, 15) is 19.8 Å². The van der Waals surface area contributed by atoms with Gasteiger partial charge in [-0.3, -0.25) is 4.79 Å². The van der Waals surface area contributed by atoms with Crippen molar-refractivity contribution in [3.8, 4) is 5.75 Å². The van der Waals surface area contributed by atoms with E-state index in [0.29, 0.717) is 11.3 Å². The number of carboxylic acids is 1. The van der Waals surface area contributed by atoms with E-state index in [2.05, 4.69) is 22.6 Å². The van der Waals surface area contributed by atoms with Crippen LogP contribution in [0.4, 0.5) is 0 Å². The normalized spacial score (nSPS) is 26.9. The molecule has 2 N–H and O–H groups in total. The van der Waals surface area contributed by atoms with Crippen LogP contribution in [0.3, 0.4) is 0 Å². The third-order valence-corrected chi connectivity index (χ3v) is 5.63. The molecule has 1 aromatic carbocycles. The predicted molar refractivity (Wildman–Crippen MR) is 94.3 cm³/mol. The molecule has 4 atom stereocenters. The first-order chi connectivity index (χ1) is 11.3. The SMILES string of the molecule is CC(O)C1C(=O)N2C(C(=O)O)=C(COc3ccccc3I)C(C)C12. The van der Waals surface area contributed by atoms with Gasteiger partial charge in [-0.2, -0.15) is 0 Å². The summed E-state index contributed by atoms with van der Waals surface area (Å²) in [7, 11) is 0. The van der Waals surface area contributed by atoms with Gasteiger partial charge in [0, 0.05) is 11.5 Å². The molecule has 2 aliphatic rings. The molecule has 0 aliphatic carbocycles. The van der Waals surface area contributed by atoms with Crippen molar-refractivity contribution in [1.82, 2.24) is 4.90 Å². The molecule has 2 aliphatic heterocycles. The average molecular weight is 443 g/mol. The van der Waals surface area contributed by atoms with Gasteiger partial charge in [0.25, 0.3) is 0 Å². The topological polar surface area (TPSA) is 87.1 Å². The maximum absolute atomic E-state index is 12.2. The van der Waals surface area contributed by atoms with Crippen molar-refractivity contribution in [2.75, 3.05) is 6.61 Å². The number of para-hydroxylation sites is 1. The smallest absolute Gasteiger partial charge is 0.352 e. The van der Waals surface area contributed by atoms with Crippen LogP contribution < -0.4 is 4.74 Å². The fourth-order valence-electron chi connectivity index (χ4n) is 3.55. The van der Waals surface area contributed by atoms with E-state index in [1.165, 1.54) is 4.90 Å². The highest BCUT2D eigenvalue weighted by atomic mass is 127. The van der Waals surface area contributed by atoms with E-state index in [1.807, 2.05) is 31.2 Å². The lowest BCUT2D eigenvalue weighted by molar-refractivity contribution is -0.163. The number of aliphatic carboxylic acids is 1. The number of hydrogen-bond donors (Lipinski definition) is 2. The third kappa shape index (κ3) is 2.59. The number of carbonyl (C=O) groups is 2. The van der Waals surface area contributed by atoms with Crippen molar-refractivity contribution in [2.45, 2.75) is 26.0 Å². The molecular weight excluding hydrogens is 425 g/mol. The van der Waals surface area contributed by atoms with E-state index < -0.39 is 18.0 Å². The van der Waals surface area contributed by atoms with Gasteiger partial charge in [-0.05, 0) is 41.6 Å². The summed E-state index contributed by atoms with van der Waals surface area (Å²) in [5.41, 5.74) is 0.587. The number of carboxylic acid groups (broad SMARTS) is 1. The van der Waals surface area contributed by atoms with Crippen LogP contribution in [0.5, 0.6) is 5.75 Å². The third-order valence-electron chi connectivity index (χ3n) is 4.74. The van der Waals surface area contributed by atoms with Gasteiger partial charge >= 0.3 is 5.97 Å². The second kappa shape index (κ2) is 6.36. The van der Waals surface area contributed by atoms with Crippen molar-refractivity contribution in [2.24, 2.45) is 11.8 Å². The maximum Gasteiger partial charge on any atom is 0.352 e. The molecule has 7 heteroatoms. The molecule has 1 amide bonds. The number of β-lactam (4-membered cyclic amide) rings is 1. The van der Waals surface area contributed by atoms with Crippen LogP contribution >= 0.6 is 22.6 Å². The number of nitrogens with zero attached hydrogens (tertiary/aromatic N) is 1. The summed E-state index contributed by atoms with van der Waals surface area (Å²) in [6, 6.07) is 7.16. The molecule has 0 saturated carbocycles. The number of halogens is 1. The second-order valence-electron chi connectivity index (χ2n) is 6.15.